The first-order valence-electron chi connectivity index (χ1n) is 6.62. The van der Waals surface area contributed by atoms with Crippen molar-refractivity contribution in [1.82, 2.24) is 9.38 Å². The van der Waals surface area contributed by atoms with E-state index in [9.17, 15) is 8.42 Å². The van der Waals surface area contributed by atoms with E-state index >= 15 is 0 Å². The minimum atomic E-state index is -3.52. The van der Waals surface area contributed by atoms with Crippen molar-refractivity contribution in [1.29, 1.82) is 0 Å². The van der Waals surface area contributed by atoms with Crippen molar-refractivity contribution < 1.29 is 13.2 Å². The molecule has 0 aliphatic carbocycles. The van der Waals surface area contributed by atoms with Gasteiger partial charge >= 0.3 is 0 Å². The molecule has 2 aromatic heterocycles. The van der Waals surface area contributed by atoms with Gasteiger partial charge in [-0.05, 0) is 57.2 Å². The zero-order valence-corrected chi connectivity index (χ0v) is 15.7. The van der Waals surface area contributed by atoms with Crippen molar-refractivity contribution in [2.24, 2.45) is 0 Å². The molecule has 7 heteroatoms. The summed E-state index contributed by atoms with van der Waals surface area (Å²) in [5, 5.41) is 0. The number of aromatic nitrogens is 2. The van der Waals surface area contributed by atoms with Crippen LogP contribution in [0.3, 0.4) is 0 Å². The van der Waals surface area contributed by atoms with Crippen LogP contribution < -0.4 is 4.74 Å². The Morgan fingerprint density at radius 3 is 2.48 bits per heavy atom. The lowest BCUT2D eigenvalue weighted by Gasteiger charge is -2.22. The lowest BCUT2D eigenvalue weighted by molar-refractivity contribution is 0.235. The van der Waals surface area contributed by atoms with Crippen LogP contribution in [0.5, 0.6) is 5.75 Å². The molecule has 0 unspecified atom stereocenters. The Morgan fingerprint density at radius 1 is 1.33 bits per heavy atom. The molecule has 0 aliphatic rings. The van der Waals surface area contributed by atoms with Gasteiger partial charge in [-0.15, -0.1) is 0 Å². The van der Waals surface area contributed by atoms with Crippen LogP contribution in [0.1, 0.15) is 34.6 Å². The molecule has 0 saturated heterocycles. The third kappa shape index (κ3) is 3.03. The number of pyridine rings is 1. The van der Waals surface area contributed by atoms with Gasteiger partial charge in [-0.25, -0.2) is 13.4 Å². The summed E-state index contributed by atoms with van der Waals surface area (Å²) in [5.74, 6) is 0.356. The molecule has 0 amide bonds. The molecule has 5 nitrogen and oxygen atoms in total. The van der Waals surface area contributed by atoms with Crippen LogP contribution >= 0.6 is 22.6 Å². The molecule has 116 valence electrons. The highest BCUT2D eigenvalue weighted by molar-refractivity contribution is 14.1. The first-order valence-corrected chi connectivity index (χ1v) is 9.18. The Balaban J connectivity index is 2.78. The second-order valence-corrected chi connectivity index (χ2v) is 9.87. The number of imidazole rings is 1. The molecule has 0 aliphatic heterocycles. The van der Waals surface area contributed by atoms with Gasteiger partial charge in [0, 0.05) is 12.3 Å². The van der Waals surface area contributed by atoms with E-state index in [0.29, 0.717) is 11.4 Å². The van der Waals surface area contributed by atoms with Gasteiger partial charge in [0.2, 0.25) is 0 Å². The van der Waals surface area contributed by atoms with Crippen molar-refractivity contribution in [2.45, 2.75) is 50.4 Å². The van der Waals surface area contributed by atoms with Crippen LogP contribution in [-0.4, -0.2) is 28.7 Å². The Kier molecular flexibility index (Phi) is 4.27. The predicted molar refractivity (Wildman–Crippen MR) is 90.6 cm³/mol. The third-order valence-electron chi connectivity index (χ3n) is 2.99. The number of nitrogens with zero attached hydrogens (tertiary/aromatic N) is 2. The third-order valence-corrected chi connectivity index (χ3v) is 6.28. The topological polar surface area (TPSA) is 60.7 Å². The van der Waals surface area contributed by atoms with Crippen LogP contribution in [0.2, 0.25) is 0 Å². The summed E-state index contributed by atoms with van der Waals surface area (Å²) in [5.41, 5.74) is 0.669. The summed E-state index contributed by atoms with van der Waals surface area (Å²) in [7, 11) is -3.52. The van der Waals surface area contributed by atoms with Crippen LogP contribution in [0.4, 0.5) is 0 Å². The standard InChI is InChI=1S/C14H19IN2O3S/c1-9(2)20-10-6-13-16-7-12(15)17(13)8-11(10)21(18,19)14(3,4)5/h6-9H,1-5H3. The second-order valence-electron chi connectivity index (χ2n) is 6.09. The lowest BCUT2D eigenvalue weighted by Crippen LogP contribution is -2.29. The normalized spacial score (nSPS) is 13.1. The van der Waals surface area contributed by atoms with Gasteiger partial charge in [0.25, 0.3) is 0 Å². The van der Waals surface area contributed by atoms with Crippen molar-refractivity contribution in [3.63, 3.8) is 0 Å². The minimum absolute atomic E-state index is 0.115. The van der Waals surface area contributed by atoms with E-state index in [1.165, 1.54) is 0 Å². The predicted octanol–water partition coefficient (Wildman–Crippen LogP) is 3.30. The van der Waals surface area contributed by atoms with E-state index in [0.717, 1.165) is 3.70 Å². The Hall–Kier alpha value is -0.830. The maximum Gasteiger partial charge on any atom is 0.188 e. The average Bonchev–Trinajstić information content (AvgIpc) is 2.67. The molecular formula is C14H19IN2O3S. The zero-order valence-electron chi connectivity index (χ0n) is 12.7. The Labute approximate surface area is 138 Å². The number of rotatable bonds is 3. The first-order chi connectivity index (χ1) is 9.54. The fourth-order valence-electron chi connectivity index (χ4n) is 1.83. The molecule has 0 aromatic carbocycles. The number of hydrogen-bond donors (Lipinski definition) is 0. The number of fused-ring (bicyclic) bond motifs is 1. The highest BCUT2D eigenvalue weighted by Crippen LogP contribution is 2.33. The van der Waals surface area contributed by atoms with Gasteiger partial charge in [-0.2, -0.15) is 0 Å². The maximum atomic E-state index is 12.8. The highest BCUT2D eigenvalue weighted by atomic mass is 127. The summed E-state index contributed by atoms with van der Waals surface area (Å²) >= 11 is 2.12. The Bertz CT molecular complexity index is 773. The molecule has 0 radical (unpaired) electrons. The van der Waals surface area contributed by atoms with Crippen LogP contribution in [0.15, 0.2) is 23.4 Å². The SMILES string of the molecule is CC(C)Oc1cc2ncc(I)n2cc1S(=O)(=O)C(C)(C)C. The van der Waals surface area contributed by atoms with Gasteiger partial charge in [-0.1, -0.05) is 0 Å². The molecule has 0 bridgehead atoms. The van der Waals surface area contributed by atoms with E-state index in [4.69, 9.17) is 4.74 Å². The minimum Gasteiger partial charge on any atom is -0.489 e. The summed E-state index contributed by atoms with van der Waals surface area (Å²) in [4.78, 5) is 4.45. The highest BCUT2D eigenvalue weighted by Gasteiger charge is 2.34. The number of halogens is 1. The van der Waals surface area contributed by atoms with Gasteiger partial charge < -0.3 is 4.74 Å². The molecule has 2 rings (SSSR count). The van der Waals surface area contributed by atoms with Crippen molar-refractivity contribution in [3.05, 3.63) is 22.2 Å². The van der Waals surface area contributed by atoms with E-state index < -0.39 is 14.6 Å². The largest absolute Gasteiger partial charge is 0.489 e. The smallest absolute Gasteiger partial charge is 0.188 e. The van der Waals surface area contributed by atoms with E-state index in [1.807, 2.05) is 13.8 Å². The molecule has 2 aromatic rings. The average molecular weight is 422 g/mol. The molecule has 0 atom stereocenters. The molecule has 0 N–H and O–H groups in total. The summed E-state index contributed by atoms with van der Waals surface area (Å²) < 4.78 is 33.0. The molecule has 0 fully saturated rings. The summed E-state index contributed by atoms with van der Waals surface area (Å²) in [6, 6.07) is 1.68. The van der Waals surface area contributed by atoms with Crippen LogP contribution in [0, 0.1) is 3.70 Å². The number of ether oxygens (including phenoxy) is 1. The van der Waals surface area contributed by atoms with E-state index in [-0.39, 0.29) is 11.0 Å². The van der Waals surface area contributed by atoms with Crippen molar-refractivity contribution >= 4 is 38.1 Å². The first kappa shape index (κ1) is 16.5. The molecule has 0 spiro atoms. The fraction of sp³-hybridized carbons (Fsp3) is 0.500. The Morgan fingerprint density at radius 2 is 1.95 bits per heavy atom. The molecule has 2 heterocycles. The molecular weight excluding hydrogens is 403 g/mol. The van der Waals surface area contributed by atoms with Gasteiger partial charge in [-0.3, -0.25) is 4.40 Å². The lowest BCUT2D eigenvalue weighted by atomic mass is 10.3. The van der Waals surface area contributed by atoms with Crippen LogP contribution in [-0.2, 0) is 9.84 Å². The summed E-state index contributed by atoms with van der Waals surface area (Å²) in [6.45, 7) is 8.79. The number of hydrogen-bond acceptors (Lipinski definition) is 4. The van der Waals surface area contributed by atoms with Crippen molar-refractivity contribution in [2.75, 3.05) is 0 Å². The molecule has 0 saturated carbocycles. The summed E-state index contributed by atoms with van der Waals surface area (Å²) in [6.07, 6.45) is 3.18. The van der Waals surface area contributed by atoms with E-state index in [1.54, 1.807) is 43.6 Å². The van der Waals surface area contributed by atoms with Gasteiger partial charge in [0.15, 0.2) is 9.84 Å². The molecule has 21 heavy (non-hydrogen) atoms. The van der Waals surface area contributed by atoms with E-state index in [2.05, 4.69) is 27.6 Å². The van der Waals surface area contributed by atoms with Gasteiger partial charge in [0.05, 0.1) is 17.0 Å². The quantitative estimate of drug-likeness (QED) is 0.713. The maximum absolute atomic E-state index is 12.8. The number of sulfone groups is 1. The second kappa shape index (κ2) is 5.42. The monoisotopic (exact) mass is 422 g/mol. The van der Waals surface area contributed by atoms with Crippen molar-refractivity contribution in [3.8, 4) is 5.75 Å². The fourth-order valence-corrected chi connectivity index (χ4v) is 3.64. The van der Waals surface area contributed by atoms with Crippen LogP contribution in [0.25, 0.3) is 5.65 Å². The zero-order chi connectivity index (χ0) is 16.0. The van der Waals surface area contributed by atoms with Gasteiger partial charge in [0.1, 0.15) is 20.0 Å².